The number of methoxy groups -OCH3 is 1. The van der Waals surface area contributed by atoms with Crippen LogP contribution in [0.2, 0.25) is 0 Å². The number of hydrogen-bond donors (Lipinski definition) is 0. The number of esters is 1. The van der Waals surface area contributed by atoms with E-state index < -0.39 is 10.9 Å². The Morgan fingerprint density at radius 1 is 0.872 bits per heavy atom. The number of hydrogen-bond acceptors (Lipinski definition) is 9. The maximum atomic E-state index is 12.1. The van der Waals surface area contributed by atoms with Gasteiger partial charge in [0, 0.05) is 26.2 Å². The van der Waals surface area contributed by atoms with Crippen LogP contribution in [0.25, 0.3) is 0 Å². The number of carbonyl (C=O) groups is 1. The van der Waals surface area contributed by atoms with E-state index in [1.807, 2.05) is 41.3 Å². The number of benzene rings is 3. The molecule has 0 spiro atoms. The molecule has 0 radical (unpaired) electrons. The molecule has 1 aromatic heterocycles. The molecule has 4 aromatic rings. The molecule has 0 unspecified atom stereocenters. The predicted octanol–water partition coefficient (Wildman–Crippen LogP) is 4.88. The fourth-order valence-electron chi connectivity index (χ4n) is 4.78. The summed E-state index contributed by atoms with van der Waals surface area (Å²) in [6, 6.07) is 26.8. The summed E-state index contributed by atoms with van der Waals surface area (Å²) in [5, 5.41) is 12.1. The van der Waals surface area contributed by atoms with Crippen LogP contribution in [0, 0.1) is 10.1 Å². The summed E-state index contributed by atoms with van der Waals surface area (Å²) >= 11 is 0. The molecule has 0 N–H and O–H groups in total. The average molecular weight is 526 g/mol. The molecule has 0 aliphatic carbocycles. The van der Waals surface area contributed by atoms with Crippen LogP contribution in [0.1, 0.15) is 27.5 Å². The first kappa shape index (κ1) is 25.8. The highest BCUT2D eigenvalue weighted by Crippen LogP contribution is 2.37. The molecule has 0 saturated carbocycles. The van der Waals surface area contributed by atoms with Crippen LogP contribution < -0.4 is 9.64 Å². The zero-order valence-electron chi connectivity index (χ0n) is 21.3. The fourth-order valence-corrected chi connectivity index (χ4v) is 4.78. The average Bonchev–Trinajstić information content (AvgIpc) is 2.98. The SMILES string of the molecule is COC(=O)c1ccc(Oc2ncnc(N3CCN(C(c4ccccc4)c4ccccc4)CC3)c2[N+](=O)[O-])cc1. The van der Waals surface area contributed by atoms with Crippen molar-refractivity contribution in [3.63, 3.8) is 0 Å². The van der Waals surface area contributed by atoms with Gasteiger partial charge in [-0.3, -0.25) is 15.0 Å². The van der Waals surface area contributed by atoms with Crippen molar-refractivity contribution < 1.29 is 19.2 Å². The second-order valence-corrected chi connectivity index (χ2v) is 8.97. The van der Waals surface area contributed by atoms with Crippen molar-refractivity contribution >= 4 is 17.5 Å². The molecule has 0 bridgehead atoms. The monoisotopic (exact) mass is 525 g/mol. The van der Waals surface area contributed by atoms with Crippen LogP contribution in [-0.4, -0.2) is 59.0 Å². The molecule has 0 amide bonds. The van der Waals surface area contributed by atoms with Crippen molar-refractivity contribution in [2.24, 2.45) is 0 Å². The molecular weight excluding hydrogens is 498 g/mol. The van der Waals surface area contributed by atoms with E-state index in [9.17, 15) is 14.9 Å². The summed E-state index contributed by atoms with van der Waals surface area (Å²) in [7, 11) is 1.29. The molecule has 1 fully saturated rings. The smallest absolute Gasteiger partial charge is 0.373 e. The van der Waals surface area contributed by atoms with Gasteiger partial charge in [0.05, 0.1) is 23.6 Å². The van der Waals surface area contributed by atoms with Crippen LogP contribution in [0.15, 0.2) is 91.3 Å². The van der Waals surface area contributed by atoms with Gasteiger partial charge in [-0.05, 0) is 35.4 Å². The van der Waals surface area contributed by atoms with Crippen molar-refractivity contribution in [1.82, 2.24) is 14.9 Å². The highest BCUT2D eigenvalue weighted by molar-refractivity contribution is 5.89. The molecule has 3 aromatic carbocycles. The molecule has 1 saturated heterocycles. The second-order valence-electron chi connectivity index (χ2n) is 8.97. The minimum atomic E-state index is -0.517. The summed E-state index contributed by atoms with van der Waals surface area (Å²) in [6.07, 6.45) is 1.27. The highest BCUT2D eigenvalue weighted by atomic mass is 16.6. The van der Waals surface area contributed by atoms with Gasteiger partial charge in [-0.15, -0.1) is 0 Å². The van der Waals surface area contributed by atoms with Gasteiger partial charge in [0.2, 0.25) is 5.82 Å². The number of ether oxygens (including phenoxy) is 2. The topological polar surface area (TPSA) is 111 Å². The Morgan fingerprint density at radius 3 is 2.00 bits per heavy atom. The lowest BCUT2D eigenvalue weighted by atomic mass is 9.96. The zero-order chi connectivity index (χ0) is 27.2. The third kappa shape index (κ3) is 5.70. The van der Waals surface area contributed by atoms with Crippen molar-refractivity contribution in [2.45, 2.75) is 6.04 Å². The second kappa shape index (κ2) is 11.7. The van der Waals surface area contributed by atoms with E-state index in [1.54, 1.807) is 0 Å². The summed E-state index contributed by atoms with van der Waals surface area (Å²) in [5.41, 5.74) is 2.42. The van der Waals surface area contributed by atoms with Crippen molar-refractivity contribution in [3.8, 4) is 11.6 Å². The van der Waals surface area contributed by atoms with E-state index >= 15 is 0 Å². The minimum Gasteiger partial charge on any atom is -0.465 e. The number of piperazine rings is 1. The van der Waals surface area contributed by atoms with Gasteiger partial charge in [-0.2, -0.15) is 4.98 Å². The number of aromatic nitrogens is 2. The van der Waals surface area contributed by atoms with Crippen LogP contribution >= 0.6 is 0 Å². The number of rotatable bonds is 8. The van der Waals surface area contributed by atoms with E-state index in [2.05, 4.69) is 39.1 Å². The molecule has 0 atom stereocenters. The molecular formula is C29H27N5O5. The van der Waals surface area contributed by atoms with Crippen LogP contribution in [0.3, 0.4) is 0 Å². The maximum Gasteiger partial charge on any atom is 0.373 e. The Labute approximate surface area is 225 Å². The van der Waals surface area contributed by atoms with E-state index in [0.717, 1.165) is 0 Å². The van der Waals surface area contributed by atoms with E-state index in [4.69, 9.17) is 9.47 Å². The lowest BCUT2D eigenvalue weighted by molar-refractivity contribution is -0.385. The third-order valence-electron chi connectivity index (χ3n) is 6.65. The molecule has 10 nitrogen and oxygen atoms in total. The zero-order valence-corrected chi connectivity index (χ0v) is 21.3. The standard InChI is InChI=1S/C29H27N5O5/c1-38-29(35)23-12-14-24(15-13-23)39-28-26(34(36)37)27(30-20-31-28)33-18-16-32(17-19-33)25(21-8-4-2-5-9-21)22-10-6-3-7-11-22/h2-15,20,25H,16-19H2,1H3. The molecule has 10 heteroatoms. The van der Waals surface area contributed by atoms with Gasteiger partial charge in [-0.1, -0.05) is 60.7 Å². The highest BCUT2D eigenvalue weighted by Gasteiger charge is 2.33. The van der Waals surface area contributed by atoms with Crippen LogP contribution in [0.5, 0.6) is 11.6 Å². The Kier molecular flexibility index (Phi) is 7.74. The largest absolute Gasteiger partial charge is 0.465 e. The van der Waals surface area contributed by atoms with Crippen LogP contribution in [-0.2, 0) is 4.74 Å². The maximum absolute atomic E-state index is 12.1. The van der Waals surface area contributed by atoms with Crippen molar-refractivity contribution in [1.29, 1.82) is 0 Å². The molecule has 1 aliphatic heterocycles. The normalized spacial score (nSPS) is 13.7. The van der Waals surface area contributed by atoms with Gasteiger partial charge in [0.1, 0.15) is 12.1 Å². The Bertz CT molecular complexity index is 1390. The fraction of sp³-hybridized carbons (Fsp3) is 0.207. The number of anilines is 1. The van der Waals surface area contributed by atoms with Gasteiger partial charge in [0.15, 0.2) is 0 Å². The summed E-state index contributed by atoms with van der Waals surface area (Å²) < 4.78 is 10.5. The first-order valence-corrected chi connectivity index (χ1v) is 12.5. The van der Waals surface area contributed by atoms with Gasteiger partial charge in [0.25, 0.3) is 0 Å². The summed E-state index contributed by atoms with van der Waals surface area (Å²) in [6.45, 7) is 2.45. The van der Waals surface area contributed by atoms with Crippen molar-refractivity contribution in [3.05, 3.63) is 118 Å². The lowest BCUT2D eigenvalue weighted by Gasteiger charge is -2.40. The summed E-state index contributed by atoms with van der Waals surface area (Å²) in [5.74, 6) is -0.136. The molecule has 198 valence electrons. The Morgan fingerprint density at radius 2 is 1.46 bits per heavy atom. The van der Waals surface area contributed by atoms with E-state index in [0.29, 0.717) is 37.5 Å². The third-order valence-corrected chi connectivity index (χ3v) is 6.65. The lowest BCUT2D eigenvalue weighted by Crippen LogP contribution is -2.48. The quantitative estimate of drug-likeness (QED) is 0.181. The number of carbonyl (C=O) groups excluding carboxylic acids is 1. The Balaban J connectivity index is 1.36. The minimum absolute atomic E-state index is 0.0711. The first-order valence-electron chi connectivity index (χ1n) is 12.5. The van der Waals surface area contributed by atoms with Crippen LogP contribution in [0.4, 0.5) is 11.5 Å². The van der Waals surface area contributed by atoms with E-state index in [-0.39, 0.29) is 23.4 Å². The van der Waals surface area contributed by atoms with E-state index in [1.165, 1.54) is 48.8 Å². The molecule has 1 aliphatic rings. The summed E-state index contributed by atoms with van der Waals surface area (Å²) in [4.78, 5) is 35.9. The van der Waals surface area contributed by atoms with Crippen molar-refractivity contribution in [2.75, 3.05) is 38.2 Å². The van der Waals surface area contributed by atoms with Gasteiger partial charge in [-0.25, -0.2) is 9.78 Å². The van der Waals surface area contributed by atoms with Gasteiger partial charge >= 0.3 is 17.5 Å². The van der Waals surface area contributed by atoms with Gasteiger partial charge < -0.3 is 14.4 Å². The Hall–Kier alpha value is -4.83. The predicted molar refractivity (Wildman–Crippen MR) is 145 cm³/mol. The number of nitro groups is 1. The number of nitrogens with zero attached hydrogens (tertiary/aromatic N) is 5. The first-order chi connectivity index (χ1) is 19.0. The molecule has 39 heavy (non-hydrogen) atoms. The molecule has 2 heterocycles. The molecule has 5 rings (SSSR count).